The predicted molar refractivity (Wildman–Crippen MR) is 101 cm³/mol. The van der Waals surface area contributed by atoms with E-state index in [2.05, 4.69) is 39.7 Å². The van der Waals surface area contributed by atoms with Crippen LogP contribution in [0.25, 0.3) is 0 Å². The highest BCUT2D eigenvalue weighted by Gasteiger charge is 2.13. The monoisotopic (exact) mass is 351 g/mol. The first-order valence-corrected chi connectivity index (χ1v) is 10.7. The highest BCUT2D eigenvalue weighted by molar-refractivity contribution is 7.99. The molecule has 0 aromatic rings. The molecule has 0 rings (SSSR count). The number of hydrogen-bond donors (Lipinski definition) is 0. The lowest BCUT2D eigenvalue weighted by atomic mass is 10.1. The molecular formula is C19H42ClNS. The Morgan fingerprint density at radius 1 is 0.636 bits per heavy atom. The van der Waals surface area contributed by atoms with Crippen molar-refractivity contribution in [3.8, 4) is 0 Å². The Balaban J connectivity index is 0. The average Bonchev–Trinajstić information content (AvgIpc) is 2.45. The quantitative estimate of drug-likeness (QED) is 0.233. The fraction of sp³-hybridized carbons (Fsp3) is 1.00. The second-order valence-corrected chi connectivity index (χ2v) is 8.31. The van der Waals surface area contributed by atoms with Crippen molar-refractivity contribution >= 4 is 11.8 Å². The Hall–Kier alpha value is 0.600. The zero-order chi connectivity index (χ0) is 15.8. The van der Waals surface area contributed by atoms with Crippen molar-refractivity contribution in [3.05, 3.63) is 0 Å². The Kier molecular flexibility index (Phi) is 20.3. The molecule has 0 saturated heterocycles. The van der Waals surface area contributed by atoms with Crippen LogP contribution in [0.5, 0.6) is 0 Å². The summed E-state index contributed by atoms with van der Waals surface area (Å²) in [7, 11) is 4.79. The molecule has 0 heterocycles. The Labute approximate surface area is 152 Å². The smallest absolute Gasteiger partial charge is 0.125 e. The van der Waals surface area contributed by atoms with Crippen molar-refractivity contribution in [2.75, 3.05) is 32.3 Å². The lowest BCUT2D eigenvalue weighted by molar-refractivity contribution is -0.877. The summed E-state index contributed by atoms with van der Waals surface area (Å²) in [4.78, 5) is 0. The first kappa shape index (κ1) is 24.8. The molecule has 0 aliphatic heterocycles. The maximum atomic E-state index is 2.40. The number of quaternary nitrogens is 1. The second kappa shape index (κ2) is 17.9. The van der Waals surface area contributed by atoms with Gasteiger partial charge >= 0.3 is 0 Å². The van der Waals surface area contributed by atoms with E-state index >= 15 is 0 Å². The van der Waals surface area contributed by atoms with Crippen molar-refractivity contribution in [2.45, 2.75) is 90.9 Å². The van der Waals surface area contributed by atoms with Crippen molar-refractivity contribution < 1.29 is 16.9 Å². The van der Waals surface area contributed by atoms with Crippen molar-refractivity contribution in [3.63, 3.8) is 0 Å². The molecule has 0 amide bonds. The summed E-state index contributed by atoms with van der Waals surface area (Å²) in [6, 6.07) is 0. The largest absolute Gasteiger partial charge is 1.00 e. The highest BCUT2D eigenvalue weighted by atomic mass is 35.5. The Morgan fingerprint density at radius 3 is 1.59 bits per heavy atom. The SMILES string of the molecule is CCCCCCCCCCCC[N+](C)(C)CSCCCC.[Cl-]. The minimum absolute atomic E-state index is 0. The number of rotatable bonds is 16. The summed E-state index contributed by atoms with van der Waals surface area (Å²) in [5.41, 5.74) is 0. The van der Waals surface area contributed by atoms with Gasteiger partial charge in [0.15, 0.2) is 0 Å². The minimum atomic E-state index is 0. The molecule has 22 heavy (non-hydrogen) atoms. The third-order valence-electron chi connectivity index (χ3n) is 4.20. The van der Waals surface area contributed by atoms with Crippen LogP contribution in [0.4, 0.5) is 0 Å². The molecule has 0 aromatic carbocycles. The summed E-state index contributed by atoms with van der Waals surface area (Å²) in [6.07, 6.45) is 17.1. The highest BCUT2D eigenvalue weighted by Crippen LogP contribution is 2.14. The molecule has 0 atom stereocenters. The molecule has 0 aromatic heterocycles. The van der Waals surface area contributed by atoms with Gasteiger partial charge in [-0.2, -0.15) is 0 Å². The van der Waals surface area contributed by atoms with E-state index in [-0.39, 0.29) is 12.4 Å². The minimum Gasteiger partial charge on any atom is -1.00 e. The van der Waals surface area contributed by atoms with Gasteiger partial charge in [-0.15, -0.1) is 11.8 Å². The molecule has 1 nitrogen and oxygen atoms in total. The van der Waals surface area contributed by atoms with E-state index in [1.807, 2.05) is 0 Å². The first-order valence-electron chi connectivity index (χ1n) is 9.52. The fourth-order valence-corrected chi connectivity index (χ4v) is 3.90. The molecule has 0 spiro atoms. The summed E-state index contributed by atoms with van der Waals surface area (Å²) in [5.74, 6) is 2.63. The molecule has 0 aliphatic rings. The standard InChI is InChI=1S/C19H42NS.ClH/c1-5-7-9-10-11-12-13-14-15-16-17-20(3,4)19-21-18-8-6-2;/h5-19H2,1-4H3;1H/q+1;/p-1. The summed E-state index contributed by atoms with van der Waals surface area (Å²) in [6.45, 7) is 5.93. The van der Waals surface area contributed by atoms with Gasteiger partial charge in [0.1, 0.15) is 5.88 Å². The third-order valence-corrected chi connectivity index (χ3v) is 5.66. The van der Waals surface area contributed by atoms with Crippen molar-refractivity contribution in [1.29, 1.82) is 0 Å². The van der Waals surface area contributed by atoms with E-state index in [0.717, 1.165) is 0 Å². The molecule has 0 saturated carbocycles. The van der Waals surface area contributed by atoms with E-state index in [1.165, 1.54) is 99.7 Å². The van der Waals surface area contributed by atoms with Crippen LogP contribution in [0.1, 0.15) is 90.9 Å². The maximum Gasteiger partial charge on any atom is 0.125 e. The van der Waals surface area contributed by atoms with E-state index in [0.29, 0.717) is 0 Å². The Bertz CT molecular complexity index is 210. The van der Waals surface area contributed by atoms with E-state index in [1.54, 1.807) is 0 Å². The van der Waals surface area contributed by atoms with Crippen LogP contribution < -0.4 is 12.4 Å². The zero-order valence-corrected chi connectivity index (χ0v) is 17.4. The average molecular weight is 352 g/mol. The predicted octanol–water partition coefficient (Wildman–Crippen LogP) is 3.48. The van der Waals surface area contributed by atoms with Gasteiger partial charge < -0.3 is 16.9 Å². The summed E-state index contributed by atoms with van der Waals surface area (Å²) < 4.78 is 1.20. The number of halogens is 1. The normalized spacial score (nSPS) is 11.5. The molecular weight excluding hydrogens is 310 g/mol. The van der Waals surface area contributed by atoms with Crippen LogP contribution in [0.3, 0.4) is 0 Å². The lowest BCUT2D eigenvalue weighted by Crippen LogP contribution is -3.00. The van der Waals surface area contributed by atoms with Gasteiger partial charge in [-0.3, -0.25) is 0 Å². The second-order valence-electron chi connectivity index (χ2n) is 7.23. The molecule has 0 unspecified atom stereocenters. The molecule has 0 fully saturated rings. The van der Waals surface area contributed by atoms with E-state index in [9.17, 15) is 0 Å². The maximum absolute atomic E-state index is 2.40. The number of nitrogens with zero attached hydrogens (tertiary/aromatic N) is 1. The van der Waals surface area contributed by atoms with Crippen LogP contribution in [-0.4, -0.2) is 36.8 Å². The summed E-state index contributed by atoms with van der Waals surface area (Å²) in [5, 5.41) is 0. The zero-order valence-electron chi connectivity index (χ0n) is 15.8. The topological polar surface area (TPSA) is 0 Å². The van der Waals surface area contributed by atoms with Gasteiger partial charge in [0.2, 0.25) is 0 Å². The Morgan fingerprint density at radius 2 is 1.09 bits per heavy atom. The fourth-order valence-electron chi connectivity index (χ4n) is 2.65. The number of unbranched alkanes of at least 4 members (excludes halogenated alkanes) is 10. The molecule has 0 bridgehead atoms. The number of hydrogen-bond acceptors (Lipinski definition) is 1. The van der Waals surface area contributed by atoms with Gasteiger partial charge in [-0.25, -0.2) is 0 Å². The van der Waals surface area contributed by atoms with Crippen molar-refractivity contribution in [1.82, 2.24) is 0 Å². The number of thioether (sulfide) groups is 1. The van der Waals surface area contributed by atoms with Crippen molar-refractivity contribution in [2.24, 2.45) is 0 Å². The van der Waals surface area contributed by atoms with Crippen LogP contribution >= 0.6 is 11.8 Å². The van der Waals surface area contributed by atoms with E-state index < -0.39 is 0 Å². The molecule has 0 aliphatic carbocycles. The van der Waals surface area contributed by atoms with Gasteiger partial charge in [0, 0.05) is 0 Å². The third kappa shape index (κ3) is 18.6. The van der Waals surface area contributed by atoms with Crippen LogP contribution in [0.2, 0.25) is 0 Å². The van der Waals surface area contributed by atoms with Gasteiger partial charge in [-0.1, -0.05) is 71.6 Å². The van der Waals surface area contributed by atoms with E-state index in [4.69, 9.17) is 0 Å². The first-order chi connectivity index (χ1) is 10.1. The molecule has 0 radical (unpaired) electrons. The van der Waals surface area contributed by atoms with Crippen LogP contribution in [0.15, 0.2) is 0 Å². The van der Waals surface area contributed by atoms with Gasteiger partial charge in [-0.05, 0) is 25.0 Å². The molecule has 136 valence electrons. The molecule has 0 N–H and O–H groups in total. The molecule has 3 heteroatoms. The lowest BCUT2D eigenvalue weighted by Gasteiger charge is -2.29. The van der Waals surface area contributed by atoms with Gasteiger partial charge in [0.05, 0.1) is 20.6 Å². The summed E-state index contributed by atoms with van der Waals surface area (Å²) >= 11 is 2.14. The van der Waals surface area contributed by atoms with Crippen LogP contribution in [0, 0.1) is 0 Å². The van der Waals surface area contributed by atoms with Gasteiger partial charge in [0.25, 0.3) is 0 Å². The van der Waals surface area contributed by atoms with Crippen LogP contribution in [-0.2, 0) is 0 Å².